The van der Waals surface area contributed by atoms with Gasteiger partial charge in [0.25, 0.3) is 5.91 Å². The lowest BCUT2D eigenvalue weighted by atomic mass is 9.95. The van der Waals surface area contributed by atoms with Gasteiger partial charge in [-0.15, -0.1) is 0 Å². The highest BCUT2D eigenvalue weighted by Crippen LogP contribution is 2.18. The minimum absolute atomic E-state index is 0.0252. The fraction of sp³-hybridized carbons (Fsp3) is 0.462. The molecule has 92 valence electrons. The third kappa shape index (κ3) is 2.84. The molecule has 1 aromatic carbocycles. The van der Waals surface area contributed by atoms with E-state index in [-0.39, 0.29) is 5.91 Å². The first-order chi connectivity index (χ1) is 8.33. The molecular formula is C13H19N3O. The van der Waals surface area contributed by atoms with Gasteiger partial charge in [-0.2, -0.15) is 0 Å². The Morgan fingerprint density at radius 2 is 2.35 bits per heavy atom. The summed E-state index contributed by atoms with van der Waals surface area (Å²) in [5.41, 5.74) is 8.65. The number of hydrogen-bond donors (Lipinski definition) is 3. The Labute approximate surface area is 102 Å². The smallest absolute Gasteiger partial charge is 0.251 e. The van der Waals surface area contributed by atoms with Crippen LogP contribution in [0.4, 0.5) is 0 Å². The molecule has 1 heterocycles. The number of nitrogens with two attached hydrogens (primary N) is 1. The molecule has 0 bridgehead atoms. The maximum Gasteiger partial charge on any atom is 0.251 e. The summed E-state index contributed by atoms with van der Waals surface area (Å²) in [4.78, 5) is 12.0. The van der Waals surface area contributed by atoms with Gasteiger partial charge in [-0.3, -0.25) is 4.79 Å². The number of nitrogens with one attached hydrogen (secondary N) is 2. The van der Waals surface area contributed by atoms with E-state index in [1.807, 2.05) is 12.1 Å². The summed E-state index contributed by atoms with van der Waals surface area (Å²) in [5, 5.41) is 6.22. The Balaban J connectivity index is 2.12. The lowest BCUT2D eigenvalue weighted by Crippen LogP contribution is -2.30. The monoisotopic (exact) mass is 233 g/mol. The summed E-state index contributed by atoms with van der Waals surface area (Å²) in [6.45, 7) is 3.06. The van der Waals surface area contributed by atoms with Crippen molar-refractivity contribution in [3.8, 4) is 0 Å². The van der Waals surface area contributed by atoms with Gasteiger partial charge < -0.3 is 16.4 Å². The van der Waals surface area contributed by atoms with Crippen LogP contribution in [0.1, 0.15) is 27.9 Å². The van der Waals surface area contributed by atoms with Crippen LogP contribution < -0.4 is 16.4 Å². The molecule has 4 nitrogen and oxygen atoms in total. The van der Waals surface area contributed by atoms with Gasteiger partial charge in [0.2, 0.25) is 0 Å². The van der Waals surface area contributed by atoms with Crippen LogP contribution in [0, 0.1) is 0 Å². The Morgan fingerprint density at radius 3 is 3.18 bits per heavy atom. The molecule has 0 saturated heterocycles. The first-order valence-electron chi connectivity index (χ1n) is 6.12. The van der Waals surface area contributed by atoms with Gasteiger partial charge in [0.05, 0.1) is 0 Å². The number of carbonyl (C=O) groups is 1. The van der Waals surface area contributed by atoms with Gasteiger partial charge >= 0.3 is 0 Å². The minimum atomic E-state index is 0.0252. The molecule has 0 aromatic heterocycles. The van der Waals surface area contributed by atoms with Gasteiger partial charge in [0, 0.05) is 18.7 Å². The normalized spacial score (nSPS) is 14.2. The molecule has 0 saturated carbocycles. The van der Waals surface area contributed by atoms with Gasteiger partial charge in [-0.1, -0.05) is 12.1 Å². The number of benzene rings is 1. The van der Waals surface area contributed by atoms with E-state index in [0.29, 0.717) is 13.1 Å². The van der Waals surface area contributed by atoms with Gasteiger partial charge in [0.15, 0.2) is 0 Å². The standard InChI is InChI=1S/C13H19N3O/c14-6-2-7-16-13(17)12-4-1-3-10-9-15-8-5-11(10)12/h1,3-4,15H,2,5-9,14H2,(H,16,17). The third-order valence-corrected chi connectivity index (χ3v) is 3.05. The number of hydrogen-bond acceptors (Lipinski definition) is 3. The molecule has 4 heteroatoms. The van der Waals surface area contributed by atoms with Crippen molar-refractivity contribution in [3.05, 3.63) is 34.9 Å². The lowest BCUT2D eigenvalue weighted by Gasteiger charge is -2.19. The highest BCUT2D eigenvalue weighted by molar-refractivity contribution is 5.96. The van der Waals surface area contributed by atoms with Crippen molar-refractivity contribution >= 4 is 5.91 Å². The second-order valence-electron chi connectivity index (χ2n) is 4.27. The van der Waals surface area contributed by atoms with Crippen LogP contribution in [-0.4, -0.2) is 25.5 Å². The van der Waals surface area contributed by atoms with Gasteiger partial charge in [-0.25, -0.2) is 0 Å². The van der Waals surface area contributed by atoms with Crippen molar-refractivity contribution in [3.63, 3.8) is 0 Å². The van der Waals surface area contributed by atoms with Crippen LogP contribution >= 0.6 is 0 Å². The molecule has 0 radical (unpaired) electrons. The Bertz CT molecular complexity index is 404. The van der Waals surface area contributed by atoms with Gasteiger partial charge in [-0.05, 0) is 43.1 Å². The molecular weight excluding hydrogens is 214 g/mol. The van der Waals surface area contributed by atoms with E-state index in [2.05, 4.69) is 16.7 Å². The van der Waals surface area contributed by atoms with E-state index in [1.54, 1.807) is 0 Å². The van der Waals surface area contributed by atoms with E-state index in [4.69, 9.17) is 5.73 Å². The Kier molecular flexibility index (Phi) is 4.12. The van der Waals surface area contributed by atoms with Crippen LogP contribution in [0.15, 0.2) is 18.2 Å². The second kappa shape index (κ2) is 5.80. The average molecular weight is 233 g/mol. The zero-order valence-corrected chi connectivity index (χ0v) is 9.96. The van der Waals surface area contributed by atoms with Crippen LogP contribution in [0.3, 0.4) is 0 Å². The summed E-state index contributed by atoms with van der Waals surface area (Å²) >= 11 is 0. The molecule has 1 amide bonds. The molecule has 0 aliphatic carbocycles. The molecule has 0 unspecified atom stereocenters. The molecule has 1 aromatic rings. The zero-order chi connectivity index (χ0) is 12.1. The molecule has 4 N–H and O–H groups in total. The van der Waals surface area contributed by atoms with E-state index in [9.17, 15) is 4.79 Å². The maximum atomic E-state index is 12.0. The summed E-state index contributed by atoms with van der Waals surface area (Å²) < 4.78 is 0. The summed E-state index contributed by atoms with van der Waals surface area (Å²) in [5.74, 6) is 0.0252. The van der Waals surface area contributed by atoms with E-state index in [1.165, 1.54) is 11.1 Å². The number of carbonyl (C=O) groups excluding carboxylic acids is 1. The molecule has 0 spiro atoms. The molecule has 1 aliphatic rings. The molecule has 0 fully saturated rings. The second-order valence-corrected chi connectivity index (χ2v) is 4.27. The molecule has 1 aliphatic heterocycles. The van der Waals surface area contributed by atoms with Crippen molar-refractivity contribution in [1.29, 1.82) is 0 Å². The summed E-state index contributed by atoms with van der Waals surface area (Å²) in [6, 6.07) is 5.93. The van der Waals surface area contributed by atoms with Crippen LogP contribution in [0.5, 0.6) is 0 Å². The van der Waals surface area contributed by atoms with Crippen LogP contribution in [-0.2, 0) is 13.0 Å². The topological polar surface area (TPSA) is 67.1 Å². The highest BCUT2D eigenvalue weighted by atomic mass is 16.1. The van der Waals surface area contributed by atoms with Crippen molar-refractivity contribution in [2.45, 2.75) is 19.4 Å². The first kappa shape index (κ1) is 12.1. The van der Waals surface area contributed by atoms with E-state index in [0.717, 1.165) is 31.5 Å². The Morgan fingerprint density at radius 1 is 1.47 bits per heavy atom. The minimum Gasteiger partial charge on any atom is -0.352 e. The summed E-state index contributed by atoms with van der Waals surface area (Å²) in [7, 11) is 0. The predicted octanol–water partition coefficient (Wildman–Crippen LogP) is 0.411. The van der Waals surface area contributed by atoms with E-state index >= 15 is 0 Å². The highest BCUT2D eigenvalue weighted by Gasteiger charge is 2.16. The summed E-state index contributed by atoms with van der Waals surface area (Å²) in [6.07, 6.45) is 1.75. The Hall–Kier alpha value is -1.39. The van der Waals surface area contributed by atoms with Crippen molar-refractivity contribution in [2.24, 2.45) is 5.73 Å². The number of amides is 1. The predicted molar refractivity (Wildman–Crippen MR) is 67.9 cm³/mol. The number of rotatable bonds is 4. The van der Waals surface area contributed by atoms with Crippen molar-refractivity contribution in [2.75, 3.05) is 19.6 Å². The van der Waals surface area contributed by atoms with Gasteiger partial charge in [0.1, 0.15) is 0 Å². The third-order valence-electron chi connectivity index (χ3n) is 3.05. The fourth-order valence-corrected chi connectivity index (χ4v) is 2.14. The van der Waals surface area contributed by atoms with Crippen molar-refractivity contribution < 1.29 is 4.79 Å². The zero-order valence-electron chi connectivity index (χ0n) is 9.96. The largest absolute Gasteiger partial charge is 0.352 e. The SMILES string of the molecule is NCCCNC(=O)c1cccc2c1CCNC2. The first-order valence-corrected chi connectivity index (χ1v) is 6.12. The molecule has 0 atom stereocenters. The lowest BCUT2D eigenvalue weighted by molar-refractivity contribution is 0.0952. The fourth-order valence-electron chi connectivity index (χ4n) is 2.14. The molecule has 2 rings (SSSR count). The van der Waals surface area contributed by atoms with E-state index < -0.39 is 0 Å². The molecule has 17 heavy (non-hydrogen) atoms. The quantitative estimate of drug-likeness (QED) is 0.660. The maximum absolute atomic E-state index is 12.0. The number of fused-ring (bicyclic) bond motifs is 1. The van der Waals surface area contributed by atoms with Crippen LogP contribution in [0.2, 0.25) is 0 Å². The van der Waals surface area contributed by atoms with Crippen LogP contribution in [0.25, 0.3) is 0 Å². The van der Waals surface area contributed by atoms with Crippen molar-refractivity contribution in [1.82, 2.24) is 10.6 Å². The average Bonchev–Trinajstić information content (AvgIpc) is 2.38.